The maximum atomic E-state index is 14.3. The summed E-state index contributed by atoms with van der Waals surface area (Å²) in [5.74, 6) is -1.00. The standard InChI is InChI=1S/C32H25F2N5O4/c1-17-30(18(2)43-37-17)20-8-13-27-25(14-20)35-31(39(27)32-36-26(16-42-32)19-6-10-22(40)11-7-19)28-4-3-5-29(41)38(28)21-9-12-23(33)24(34)15-21/h6-16,28,40H,3-5H2,1-2H3/t28-/m0/s1. The van der Waals surface area contributed by atoms with Crippen LogP contribution in [0.2, 0.25) is 0 Å². The molecule has 1 fully saturated rings. The largest absolute Gasteiger partial charge is 0.508 e. The lowest BCUT2D eigenvalue weighted by molar-refractivity contribution is -0.120. The van der Waals surface area contributed by atoms with E-state index in [9.17, 15) is 18.7 Å². The number of carbonyl (C=O) groups is 1. The minimum atomic E-state index is -1.04. The number of imidazole rings is 1. The second-order valence-electron chi connectivity index (χ2n) is 10.5. The van der Waals surface area contributed by atoms with Crippen LogP contribution < -0.4 is 4.90 Å². The lowest BCUT2D eigenvalue weighted by Gasteiger charge is -2.35. The van der Waals surface area contributed by atoms with Crippen molar-refractivity contribution < 1.29 is 27.6 Å². The number of rotatable bonds is 5. The Labute approximate surface area is 244 Å². The molecule has 1 atom stereocenters. The number of carbonyl (C=O) groups excluding carboxylic acids is 1. The summed E-state index contributed by atoms with van der Waals surface area (Å²) in [6, 6.07) is 15.3. The molecule has 1 saturated heterocycles. The first-order chi connectivity index (χ1) is 20.8. The van der Waals surface area contributed by atoms with Crippen LogP contribution in [0, 0.1) is 25.5 Å². The van der Waals surface area contributed by atoms with Crippen LogP contribution in [0.3, 0.4) is 0 Å². The van der Waals surface area contributed by atoms with Gasteiger partial charge in [-0.05, 0) is 80.8 Å². The highest BCUT2D eigenvalue weighted by molar-refractivity contribution is 5.95. The molecule has 1 amide bonds. The number of piperidine rings is 1. The lowest BCUT2D eigenvalue weighted by atomic mass is 9.99. The number of anilines is 1. The van der Waals surface area contributed by atoms with Crippen LogP contribution in [0.5, 0.6) is 5.75 Å². The first-order valence-corrected chi connectivity index (χ1v) is 13.8. The van der Waals surface area contributed by atoms with Gasteiger partial charge >= 0.3 is 6.01 Å². The number of nitrogens with zero attached hydrogens (tertiary/aromatic N) is 5. The van der Waals surface area contributed by atoms with E-state index in [1.54, 1.807) is 28.8 Å². The molecule has 11 heteroatoms. The molecule has 0 unspecified atom stereocenters. The molecule has 0 bridgehead atoms. The van der Waals surface area contributed by atoms with Crippen molar-refractivity contribution in [1.82, 2.24) is 19.7 Å². The summed E-state index contributed by atoms with van der Waals surface area (Å²) in [6.07, 6.45) is 2.88. The van der Waals surface area contributed by atoms with Gasteiger partial charge in [-0.1, -0.05) is 11.2 Å². The normalized spacial score (nSPS) is 15.5. The number of benzene rings is 3. The summed E-state index contributed by atoms with van der Waals surface area (Å²) in [6.45, 7) is 3.71. The minimum absolute atomic E-state index is 0.128. The third kappa shape index (κ3) is 4.53. The number of hydrogen-bond donors (Lipinski definition) is 1. The van der Waals surface area contributed by atoms with Crippen molar-refractivity contribution in [2.24, 2.45) is 0 Å². The van der Waals surface area contributed by atoms with Crippen LogP contribution in [0.15, 0.2) is 75.9 Å². The van der Waals surface area contributed by atoms with E-state index in [2.05, 4.69) is 5.16 Å². The Balaban J connectivity index is 1.42. The van der Waals surface area contributed by atoms with E-state index in [0.29, 0.717) is 41.2 Å². The maximum Gasteiger partial charge on any atom is 0.308 e. The summed E-state index contributed by atoms with van der Waals surface area (Å²) in [7, 11) is 0. The summed E-state index contributed by atoms with van der Waals surface area (Å²) in [5, 5.41) is 13.8. The van der Waals surface area contributed by atoms with Crippen molar-refractivity contribution in [3.05, 3.63) is 95.8 Å². The minimum Gasteiger partial charge on any atom is -0.508 e. The van der Waals surface area contributed by atoms with Crippen LogP contribution in [-0.2, 0) is 4.79 Å². The molecule has 1 aliphatic rings. The molecule has 9 nitrogen and oxygen atoms in total. The van der Waals surface area contributed by atoms with Crippen LogP contribution in [-0.4, -0.2) is 30.7 Å². The average molecular weight is 582 g/mol. The highest BCUT2D eigenvalue weighted by Gasteiger charge is 2.36. The lowest BCUT2D eigenvalue weighted by Crippen LogP contribution is -2.39. The molecule has 7 rings (SSSR count). The van der Waals surface area contributed by atoms with Crippen LogP contribution in [0.4, 0.5) is 14.5 Å². The number of aryl methyl sites for hydroxylation is 2. The molecule has 216 valence electrons. The Hall–Kier alpha value is -5.32. The van der Waals surface area contributed by atoms with E-state index in [0.717, 1.165) is 34.5 Å². The Bertz CT molecular complexity index is 1990. The second kappa shape index (κ2) is 10.2. The third-order valence-electron chi connectivity index (χ3n) is 7.78. The van der Waals surface area contributed by atoms with Crippen LogP contribution in [0.25, 0.3) is 39.4 Å². The van der Waals surface area contributed by atoms with Gasteiger partial charge in [0.15, 0.2) is 11.6 Å². The first-order valence-electron chi connectivity index (χ1n) is 13.8. The summed E-state index contributed by atoms with van der Waals surface area (Å²) in [5.41, 5.74) is 5.25. The van der Waals surface area contributed by atoms with Gasteiger partial charge in [-0.25, -0.2) is 18.3 Å². The molecule has 1 aliphatic heterocycles. The quantitative estimate of drug-likeness (QED) is 0.229. The van der Waals surface area contributed by atoms with Crippen LogP contribution >= 0.6 is 0 Å². The molecule has 6 aromatic rings. The summed E-state index contributed by atoms with van der Waals surface area (Å²) < 4.78 is 41.3. The summed E-state index contributed by atoms with van der Waals surface area (Å²) in [4.78, 5) is 24.6. The maximum absolute atomic E-state index is 14.3. The van der Waals surface area contributed by atoms with Gasteiger partial charge in [-0.15, -0.1) is 0 Å². The first kappa shape index (κ1) is 26.6. The van der Waals surface area contributed by atoms with Gasteiger partial charge in [0.1, 0.15) is 29.3 Å². The van der Waals surface area contributed by atoms with Gasteiger partial charge in [-0.2, -0.15) is 4.98 Å². The second-order valence-corrected chi connectivity index (χ2v) is 10.5. The number of halogens is 2. The Kier molecular flexibility index (Phi) is 6.30. The molecule has 0 radical (unpaired) electrons. The topological polar surface area (TPSA) is 110 Å². The molecule has 3 aromatic heterocycles. The molecule has 1 N–H and O–H groups in total. The number of hydrogen-bond acceptors (Lipinski definition) is 7. The Morgan fingerprint density at radius 2 is 1.74 bits per heavy atom. The zero-order valence-electron chi connectivity index (χ0n) is 23.2. The van der Waals surface area contributed by atoms with Gasteiger partial charge in [0.25, 0.3) is 0 Å². The molecule has 0 saturated carbocycles. The molecule has 43 heavy (non-hydrogen) atoms. The van der Waals surface area contributed by atoms with Gasteiger partial charge < -0.3 is 18.9 Å². The van der Waals surface area contributed by atoms with E-state index in [1.165, 1.54) is 17.2 Å². The number of amides is 1. The average Bonchev–Trinajstić information content (AvgIpc) is 3.71. The van der Waals surface area contributed by atoms with Gasteiger partial charge in [0, 0.05) is 29.3 Å². The molecule has 3 aromatic carbocycles. The highest BCUT2D eigenvalue weighted by atomic mass is 19.2. The van der Waals surface area contributed by atoms with Gasteiger partial charge in [0.05, 0.1) is 22.8 Å². The molecule has 0 aliphatic carbocycles. The van der Waals surface area contributed by atoms with Crippen molar-refractivity contribution in [2.75, 3.05) is 4.90 Å². The number of phenols is 1. The Morgan fingerprint density at radius 1 is 0.953 bits per heavy atom. The number of aromatic hydroxyl groups is 1. The third-order valence-corrected chi connectivity index (χ3v) is 7.78. The summed E-state index contributed by atoms with van der Waals surface area (Å²) >= 11 is 0. The van der Waals surface area contributed by atoms with E-state index < -0.39 is 17.7 Å². The zero-order valence-corrected chi connectivity index (χ0v) is 23.2. The van der Waals surface area contributed by atoms with Gasteiger partial charge in [0.2, 0.25) is 5.91 Å². The highest BCUT2D eigenvalue weighted by Crippen LogP contribution is 2.39. The molecule has 4 heterocycles. The van der Waals surface area contributed by atoms with Crippen molar-refractivity contribution >= 4 is 22.6 Å². The fourth-order valence-electron chi connectivity index (χ4n) is 5.78. The fraction of sp³-hybridized carbons (Fsp3) is 0.188. The number of oxazole rings is 1. The van der Waals surface area contributed by atoms with E-state index in [1.807, 2.05) is 32.0 Å². The van der Waals surface area contributed by atoms with E-state index in [-0.39, 0.29) is 29.8 Å². The van der Waals surface area contributed by atoms with Crippen molar-refractivity contribution in [2.45, 2.75) is 39.2 Å². The number of fused-ring (bicyclic) bond motifs is 1. The monoisotopic (exact) mass is 581 g/mol. The number of phenolic OH excluding ortho intramolecular Hbond substituents is 1. The number of aromatic nitrogens is 4. The predicted octanol–water partition coefficient (Wildman–Crippen LogP) is 7.19. The van der Waals surface area contributed by atoms with E-state index in [4.69, 9.17) is 18.9 Å². The molecular weight excluding hydrogens is 556 g/mol. The van der Waals surface area contributed by atoms with E-state index >= 15 is 0 Å². The van der Waals surface area contributed by atoms with Crippen molar-refractivity contribution in [3.63, 3.8) is 0 Å². The SMILES string of the molecule is Cc1noc(C)c1-c1ccc2c(c1)nc([C@@H]1CCCC(=O)N1c1ccc(F)c(F)c1)n2-c1nc(-c2ccc(O)cc2)co1. The fourth-order valence-corrected chi connectivity index (χ4v) is 5.78. The smallest absolute Gasteiger partial charge is 0.308 e. The van der Waals surface area contributed by atoms with Gasteiger partial charge in [-0.3, -0.25) is 4.79 Å². The van der Waals surface area contributed by atoms with Crippen molar-refractivity contribution in [3.8, 4) is 34.1 Å². The van der Waals surface area contributed by atoms with Crippen molar-refractivity contribution in [1.29, 1.82) is 0 Å². The van der Waals surface area contributed by atoms with Crippen LogP contribution in [0.1, 0.15) is 42.6 Å². The molecular formula is C32H25F2N5O4. The molecule has 0 spiro atoms. The zero-order chi connectivity index (χ0) is 29.8. The predicted molar refractivity (Wildman–Crippen MR) is 154 cm³/mol. The Morgan fingerprint density at radius 3 is 2.49 bits per heavy atom.